The van der Waals surface area contributed by atoms with E-state index in [0.717, 1.165) is 12.1 Å². The summed E-state index contributed by atoms with van der Waals surface area (Å²) in [5.74, 6) is -1.57. The average Bonchev–Trinajstić information content (AvgIpc) is 2.07. The van der Waals surface area contributed by atoms with Crippen LogP contribution in [-0.2, 0) is 0 Å². The van der Waals surface area contributed by atoms with Crippen LogP contribution in [0.3, 0.4) is 0 Å². The van der Waals surface area contributed by atoms with Gasteiger partial charge in [0.25, 0.3) is 5.91 Å². The minimum absolute atomic E-state index is 0.167. The van der Waals surface area contributed by atoms with E-state index in [0.29, 0.717) is 0 Å². The molecule has 1 rings (SSSR count). The fourth-order valence-corrected chi connectivity index (χ4v) is 1.19. The molecular formula is C8H6ClF3N2O2. The SMILES string of the molecule is NC(=O)c1cc(Cl)c(OC(F)(F)F)cc1N. The predicted octanol–water partition coefficient (Wildman–Crippen LogP) is 1.92. The van der Waals surface area contributed by atoms with Crippen LogP contribution in [0.4, 0.5) is 18.9 Å². The van der Waals surface area contributed by atoms with Gasteiger partial charge in [-0.25, -0.2) is 0 Å². The van der Waals surface area contributed by atoms with E-state index in [1.807, 2.05) is 0 Å². The van der Waals surface area contributed by atoms with Gasteiger partial charge in [0, 0.05) is 11.8 Å². The van der Waals surface area contributed by atoms with Crippen LogP contribution in [0.5, 0.6) is 5.75 Å². The molecule has 8 heteroatoms. The van der Waals surface area contributed by atoms with Crippen LogP contribution in [-0.4, -0.2) is 12.3 Å². The molecule has 0 fully saturated rings. The van der Waals surface area contributed by atoms with Crippen molar-refractivity contribution < 1.29 is 22.7 Å². The first-order valence-electron chi connectivity index (χ1n) is 3.85. The molecule has 4 N–H and O–H groups in total. The van der Waals surface area contributed by atoms with Crippen molar-refractivity contribution in [2.24, 2.45) is 5.73 Å². The Hall–Kier alpha value is -1.63. The van der Waals surface area contributed by atoms with Gasteiger partial charge in [-0.2, -0.15) is 0 Å². The van der Waals surface area contributed by atoms with Gasteiger partial charge in [0.2, 0.25) is 0 Å². The lowest BCUT2D eigenvalue weighted by Gasteiger charge is -2.12. The number of amides is 1. The lowest BCUT2D eigenvalue weighted by atomic mass is 10.1. The van der Waals surface area contributed by atoms with Crippen molar-refractivity contribution in [3.8, 4) is 5.75 Å². The molecule has 0 unspecified atom stereocenters. The van der Waals surface area contributed by atoms with Crippen molar-refractivity contribution >= 4 is 23.2 Å². The second-order valence-electron chi connectivity index (χ2n) is 2.78. The number of halogens is 4. The third-order valence-electron chi connectivity index (χ3n) is 1.60. The maximum Gasteiger partial charge on any atom is 0.573 e. The lowest BCUT2D eigenvalue weighted by Crippen LogP contribution is -2.18. The Morgan fingerprint density at radius 3 is 2.38 bits per heavy atom. The first-order valence-corrected chi connectivity index (χ1v) is 4.23. The smallest absolute Gasteiger partial charge is 0.404 e. The molecule has 0 radical (unpaired) electrons. The van der Waals surface area contributed by atoms with Gasteiger partial charge < -0.3 is 16.2 Å². The Labute approximate surface area is 92.9 Å². The topological polar surface area (TPSA) is 78.3 Å². The summed E-state index contributed by atoms with van der Waals surface area (Å²) in [5.41, 5.74) is 9.82. The van der Waals surface area contributed by atoms with Gasteiger partial charge in [-0.15, -0.1) is 13.2 Å². The second-order valence-corrected chi connectivity index (χ2v) is 3.19. The van der Waals surface area contributed by atoms with E-state index in [9.17, 15) is 18.0 Å². The van der Waals surface area contributed by atoms with Crippen LogP contribution in [0.2, 0.25) is 5.02 Å². The molecule has 0 aliphatic rings. The Kier molecular flexibility index (Phi) is 3.18. The number of alkyl halides is 3. The number of primary amides is 1. The summed E-state index contributed by atoms with van der Waals surface area (Å²) < 4.78 is 39.3. The molecule has 0 saturated carbocycles. The molecule has 16 heavy (non-hydrogen) atoms. The summed E-state index contributed by atoms with van der Waals surface area (Å²) in [6.45, 7) is 0. The van der Waals surface area contributed by atoms with Crippen LogP contribution >= 0.6 is 11.6 Å². The summed E-state index contributed by atoms with van der Waals surface area (Å²) in [4.78, 5) is 10.8. The molecule has 1 amide bonds. The quantitative estimate of drug-likeness (QED) is 0.792. The lowest BCUT2D eigenvalue weighted by molar-refractivity contribution is -0.274. The fraction of sp³-hybridized carbons (Fsp3) is 0.125. The Morgan fingerprint density at radius 1 is 1.38 bits per heavy atom. The number of hydrogen-bond donors (Lipinski definition) is 2. The monoisotopic (exact) mass is 254 g/mol. The Bertz CT molecular complexity index is 434. The number of benzene rings is 1. The normalized spacial score (nSPS) is 11.2. The highest BCUT2D eigenvalue weighted by Gasteiger charge is 2.32. The first-order chi connectivity index (χ1) is 7.20. The van der Waals surface area contributed by atoms with Gasteiger partial charge in [0.15, 0.2) is 0 Å². The summed E-state index contributed by atoms with van der Waals surface area (Å²) in [6.07, 6.45) is -4.88. The molecule has 1 aromatic rings. The molecular weight excluding hydrogens is 249 g/mol. The van der Waals surface area contributed by atoms with Gasteiger partial charge in [-0.05, 0) is 6.07 Å². The van der Waals surface area contributed by atoms with Gasteiger partial charge in [-0.1, -0.05) is 11.6 Å². The standard InChI is InChI=1S/C8H6ClF3N2O2/c9-4-1-3(7(14)15)5(13)2-6(4)16-8(10,11)12/h1-2H,13H2,(H2,14,15). The maximum atomic E-state index is 11.9. The molecule has 4 nitrogen and oxygen atoms in total. The molecule has 0 aliphatic heterocycles. The predicted molar refractivity (Wildman–Crippen MR) is 51.1 cm³/mol. The van der Waals surface area contributed by atoms with Crippen molar-refractivity contribution in [1.82, 2.24) is 0 Å². The van der Waals surface area contributed by atoms with Crippen molar-refractivity contribution in [1.29, 1.82) is 0 Å². The van der Waals surface area contributed by atoms with Gasteiger partial charge in [0.1, 0.15) is 5.75 Å². The molecule has 0 aromatic heterocycles. The van der Waals surface area contributed by atoms with E-state index >= 15 is 0 Å². The molecule has 0 bridgehead atoms. The largest absolute Gasteiger partial charge is 0.573 e. The second kappa shape index (κ2) is 4.09. The van der Waals surface area contributed by atoms with Crippen LogP contribution < -0.4 is 16.2 Å². The van der Waals surface area contributed by atoms with E-state index in [-0.39, 0.29) is 11.3 Å². The molecule has 1 aromatic carbocycles. The van der Waals surface area contributed by atoms with Gasteiger partial charge >= 0.3 is 6.36 Å². The number of hydrogen-bond acceptors (Lipinski definition) is 3. The fourth-order valence-electron chi connectivity index (χ4n) is 0.985. The van der Waals surface area contributed by atoms with E-state index in [1.165, 1.54) is 0 Å². The van der Waals surface area contributed by atoms with E-state index in [4.69, 9.17) is 23.1 Å². The zero-order chi connectivity index (χ0) is 12.5. The summed E-state index contributed by atoms with van der Waals surface area (Å²) in [5, 5.41) is -0.402. The number of carbonyl (C=O) groups excluding carboxylic acids is 1. The van der Waals surface area contributed by atoms with Crippen molar-refractivity contribution in [3.05, 3.63) is 22.7 Å². The highest BCUT2D eigenvalue weighted by molar-refractivity contribution is 6.32. The van der Waals surface area contributed by atoms with Crippen molar-refractivity contribution in [2.45, 2.75) is 6.36 Å². The number of rotatable bonds is 2. The maximum absolute atomic E-state index is 11.9. The number of anilines is 1. The number of ether oxygens (including phenoxy) is 1. The number of nitrogens with two attached hydrogens (primary N) is 2. The highest BCUT2D eigenvalue weighted by Crippen LogP contribution is 2.33. The summed E-state index contributed by atoms with van der Waals surface area (Å²) >= 11 is 5.46. The molecule has 0 aliphatic carbocycles. The van der Waals surface area contributed by atoms with Gasteiger partial charge in [0.05, 0.1) is 10.6 Å². The molecule has 0 atom stereocenters. The minimum atomic E-state index is -4.88. The van der Waals surface area contributed by atoms with Crippen LogP contribution in [0, 0.1) is 0 Å². The molecule has 0 saturated heterocycles. The Balaban J connectivity index is 3.16. The Morgan fingerprint density at radius 2 is 1.94 bits per heavy atom. The van der Waals surface area contributed by atoms with Gasteiger partial charge in [-0.3, -0.25) is 4.79 Å². The zero-order valence-electron chi connectivity index (χ0n) is 7.64. The summed E-state index contributed by atoms with van der Waals surface area (Å²) in [7, 11) is 0. The highest BCUT2D eigenvalue weighted by atomic mass is 35.5. The number of nitrogen functional groups attached to an aromatic ring is 1. The zero-order valence-corrected chi connectivity index (χ0v) is 8.39. The van der Waals surface area contributed by atoms with Crippen molar-refractivity contribution in [3.63, 3.8) is 0 Å². The van der Waals surface area contributed by atoms with E-state index < -0.39 is 23.0 Å². The summed E-state index contributed by atoms with van der Waals surface area (Å²) in [6, 6.07) is 1.70. The molecule has 88 valence electrons. The first kappa shape index (κ1) is 12.4. The third kappa shape index (κ3) is 2.93. The molecule has 0 spiro atoms. The van der Waals surface area contributed by atoms with E-state index in [2.05, 4.69) is 4.74 Å². The minimum Gasteiger partial charge on any atom is -0.404 e. The van der Waals surface area contributed by atoms with Crippen LogP contribution in [0.1, 0.15) is 10.4 Å². The van der Waals surface area contributed by atoms with E-state index in [1.54, 1.807) is 0 Å². The van der Waals surface area contributed by atoms with Crippen LogP contribution in [0.15, 0.2) is 12.1 Å². The average molecular weight is 255 g/mol. The third-order valence-corrected chi connectivity index (χ3v) is 1.89. The number of carbonyl (C=O) groups is 1. The van der Waals surface area contributed by atoms with Crippen molar-refractivity contribution in [2.75, 3.05) is 5.73 Å². The van der Waals surface area contributed by atoms with Crippen LogP contribution in [0.25, 0.3) is 0 Å². The molecule has 0 heterocycles.